The van der Waals surface area contributed by atoms with E-state index in [9.17, 15) is 23.5 Å². The molecule has 1 atom stereocenters. The number of ether oxygens (including phenoxy) is 1. The van der Waals surface area contributed by atoms with Crippen LogP contribution in [0.4, 0.5) is 8.78 Å². The predicted molar refractivity (Wildman–Crippen MR) is 122 cm³/mol. The van der Waals surface area contributed by atoms with Crippen LogP contribution in [0.2, 0.25) is 0 Å². The molecule has 2 N–H and O–H groups in total. The molecule has 0 bridgehead atoms. The Morgan fingerprint density at radius 3 is 2.64 bits per heavy atom. The van der Waals surface area contributed by atoms with E-state index in [-0.39, 0.29) is 40.9 Å². The van der Waals surface area contributed by atoms with Crippen molar-refractivity contribution in [1.82, 2.24) is 14.9 Å². The number of hydrogen-bond donors (Lipinski definition) is 2. The van der Waals surface area contributed by atoms with E-state index in [2.05, 4.69) is 26.2 Å². The van der Waals surface area contributed by atoms with Crippen LogP contribution in [0.15, 0.2) is 45.7 Å². The van der Waals surface area contributed by atoms with Crippen molar-refractivity contribution in [3.05, 3.63) is 85.4 Å². The maximum Gasteiger partial charge on any atom is 0.291 e. The van der Waals surface area contributed by atoms with Gasteiger partial charge in [-0.25, -0.2) is 8.78 Å². The maximum atomic E-state index is 14.1. The number of halogens is 3. The van der Waals surface area contributed by atoms with Crippen molar-refractivity contribution in [1.29, 1.82) is 0 Å². The average Bonchev–Trinajstić information content (AvgIpc) is 2.76. The predicted octanol–water partition coefficient (Wildman–Crippen LogP) is 3.58. The first-order valence-electron chi connectivity index (χ1n) is 10.0. The SMILES string of the molecule is Cc1ccc(C(=O)N[C@H](C)CO)cc1-n1c(C)nc(=O)c(Br)c1OCc1ccc(F)cc1F. The van der Waals surface area contributed by atoms with Crippen molar-refractivity contribution in [2.24, 2.45) is 0 Å². The number of carbonyl (C=O) groups excluding carboxylic acids is 1. The van der Waals surface area contributed by atoms with E-state index >= 15 is 0 Å². The highest BCUT2D eigenvalue weighted by molar-refractivity contribution is 9.10. The van der Waals surface area contributed by atoms with E-state index in [1.54, 1.807) is 32.0 Å². The third-order valence-corrected chi connectivity index (χ3v) is 5.59. The van der Waals surface area contributed by atoms with Crippen LogP contribution >= 0.6 is 15.9 Å². The Morgan fingerprint density at radius 1 is 1.24 bits per heavy atom. The number of aliphatic hydroxyl groups excluding tert-OH is 1. The van der Waals surface area contributed by atoms with Crippen LogP contribution in [0.3, 0.4) is 0 Å². The normalized spacial score (nSPS) is 11.8. The molecular formula is C23H22BrF2N3O4. The Morgan fingerprint density at radius 2 is 1.97 bits per heavy atom. The molecule has 1 aromatic heterocycles. The van der Waals surface area contributed by atoms with Crippen molar-refractivity contribution < 1.29 is 23.4 Å². The number of aliphatic hydroxyl groups is 1. The summed E-state index contributed by atoms with van der Waals surface area (Å²) >= 11 is 3.20. The first-order chi connectivity index (χ1) is 15.6. The first-order valence-corrected chi connectivity index (χ1v) is 10.8. The summed E-state index contributed by atoms with van der Waals surface area (Å²) in [5.41, 5.74) is 1.10. The number of nitrogens with one attached hydrogen (secondary N) is 1. The van der Waals surface area contributed by atoms with E-state index in [4.69, 9.17) is 4.74 Å². The monoisotopic (exact) mass is 521 g/mol. The van der Waals surface area contributed by atoms with Crippen LogP contribution in [-0.4, -0.2) is 33.2 Å². The fourth-order valence-corrected chi connectivity index (χ4v) is 3.50. The van der Waals surface area contributed by atoms with Crippen molar-refractivity contribution in [3.8, 4) is 11.6 Å². The second kappa shape index (κ2) is 10.2. The number of amides is 1. The molecule has 1 heterocycles. The van der Waals surface area contributed by atoms with Crippen LogP contribution < -0.4 is 15.6 Å². The molecule has 3 aromatic rings. The number of aromatic nitrogens is 2. The van der Waals surface area contributed by atoms with Crippen molar-refractivity contribution in [2.45, 2.75) is 33.4 Å². The lowest BCUT2D eigenvalue weighted by atomic mass is 10.1. The van der Waals surface area contributed by atoms with Crippen LogP contribution in [0, 0.1) is 25.5 Å². The van der Waals surface area contributed by atoms with Crippen molar-refractivity contribution in [2.75, 3.05) is 6.61 Å². The lowest BCUT2D eigenvalue weighted by molar-refractivity contribution is 0.0922. The van der Waals surface area contributed by atoms with E-state index < -0.39 is 23.2 Å². The van der Waals surface area contributed by atoms with E-state index in [0.717, 1.165) is 17.7 Å². The van der Waals surface area contributed by atoms with Crippen molar-refractivity contribution in [3.63, 3.8) is 0 Å². The Labute approximate surface area is 197 Å². The lowest BCUT2D eigenvalue weighted by Gasteiger charge is -2.20. The number of carbonyl (C=O) groups is 1. The number of aryl methyl sites for hydroxylation is 2. The highest BCUT2D eigenvalue weighted by Gasteiger charge is 2.20. The zero-order chi connectivity index (χ0) is 24.3. The molecule has 0 aliphatic heterocycles. The van der Waals surface area contributed by atoms with E-state index in [0.29, 0.717) is 11.3 Å². The van der Waals surface area contributed by atoms with E-state index in [1.807, 2.05) is 6.92 Å². The molecule has 174 valence electrons. The summed E-state index contributed by atoms with van der Waals surface area (Å²) in [6.45, 7) is 4.58. The minimum Gasteiger partial charge on any atom is -0.473 e. The molecule has 7 nitrogen and oxygen atoms in total. The number of nitrogens with zero attached hydrogens (tertiary/aromatic N) is 2. The van der Waals surface area contributed by atoms with Gasteiger partial charge in [-0.05, 0) is 66.5 Å². The third kappa shape index (κ3) is 5.45. The lowest BCUT2D eigenvalue weighted by Crippen LogP contribution is -2.35. The number of benzene rings is 2. The summed E-state index contributed by atoms with van der Waals surface area (Å²) < 4.78 is 34.7. The zero-order valence-corrected chi connectivity index (χ0v) is 19.7. The highest BCUT2D eigenvalue weighted by atomic mass is 79.9. The number of rotatable bonds is 7. The van der Waals surface area contributed by atoms with Gasteiger partial charge in [0.25, 0.3) is 11.5 Å². The van der Waals surface area contributed by atoms with Gasteiger partial charge in [0.15, 0.2) is 0 Å². The number of hydrogen-bond acceptors (Lipinski definition) is 5. The fraction of sp³-hybridized carbons (Fsp3) is 0.261. The van der Waals surface area contributed by atoms with Gasteiger partial charge < -0.3 is 15.2 Å². The summed E-state index contributed by atoms with van der Waals surface area (Å²) in [5.74, 6) is -1.55. The minimum atomic E-state index is -0.779. The van der Waals surface area contributed by atoms with Crippen LogP contribution in [-0.2, 0) is 6.61 Å². The summed E-state index contributed by atoms with van der Waals surface area (Å²) in [6, 6.07) is 7.64. The summed E-state index contributed by atoms with van der Waals surface area (Å²) in [4.78, 5) is 28.9. The molecule has 0 aliphatic carbocycles. The Hall–Kier alpha value is -3.11. The molecule has 33 heavy (non-hydrogen) atoms. The molecule has 0 fully saturated rings. The fourth-order valence-electron chi connectivity index (χ4n) is 3.12. The minimum absolute atomic E-state index is 0.0128. The van der Waals surface area contributed by atoms with Gasteiger partial charge in [0.05, 0.1) is 12.3 Å². The molecule has 0 unspecified atom stereocenters. The average molecular weight is 522 g/mol. The third-order valence-electron chi connectivity index (χ3n) is 4.91. The quantitative estimate of drug-likeness (QED) is 0.495. The van der Waals surface area contributed by atoms with Gasteiger partial charge in [-0.15, -0.1) is 0 Å². The summed E-state index contributed by atoms with van der Waals surface area (Å²) in [6.07, 6.45) is 0. The van der Waals surface area contributed by atoms with Gasteiger partial charge in [0, 0.05) is 23.2 Å². The molecule has 0 saturated heterocycles. The Bertz CT molecular complexity index is 1260. The van der Waals surface area contributed by atoms with Crippen LogP contribution in [0.1, 0.15) is 34.2 Å². The van der Waals surface area contributed by atoms with Crippen LogP contribution in [0.25, 0.3) is 5.69 Å². The molecule has 10 heteroatoms. The largest absolute Gasteiger partial charge is 0.473 e. The molecule has 2 aromatic carbocycles. The van der Waals surface area contributed by atoms with Gasteiger partial charge in [0.1, 0.15) is 28.5 Å². The van der Waals surface area contributed by atoms with Gasteiger partial charge in [0.2, 0.25) is 5.88 Å². The van der Waals surface area contributed by atoms with Gasteiger partial charge in [-0.2, -0.15) is 4.98 Å². The molecule has 0 aliphatic rings. The summed E-state index contributed by atoms with van der Waals surface area (Å²) in [7, 11) is 0. The van der Waals surface area contributed by atoms with Gasteiger partial charge in [-0.3, -0.25) is 14.2 Å². The van der Waals surface area contributed by atoms with Crippen LogP contribution in [0.5, 0.6) is 5.88 Å². The Balaban J connectivity index is 2.08. The van der Waals surface area contributed by atoms with Gasteiger partial charge in [-0.1, -0.05) is 6.07 Å². The Kier molecular flexibility index (Phi) is 7.60. The topological polar surface area (TPSA) is 93.5 Å². The first kappa shape index (κ1) is 24.5. The standard InChI is InChI=1S/C23H22BrF2N3O4/c1-12-4-5-15(21(31)27-13(2)10-30)8-19(12)29-14(3)28-22(32)20(24)23(29)33-11-16-6-7-17(25)9-18(16)26/h4-9,13,30H,10-11H2,1-3H3,(H,27,31)/t13-/m1/s1. The molecule has 0 radical (unpaired) electrons. The molecule has 0 saturated carbocycles. The summed E-state index contributed by atoms with van der Waals surface area (Å²) in [5, 5.41) is 11.9. The molecule has 1 amide bonds. The zero-order valence-electron chi connectivity index (χ0n) is 18.2. The molecular weight excluding hydrogens is 500 g/mol. The second-order valence-corrected chi connectivity index (χ2v) is 8.29. The second-order valence-electron chi connectivity index (χ2n) is 7.50. The maximum absolute atomic E-state index is 14.1. The van der Waals surface area contributed by atoms with Gasteiger partial charge >= 0.3 is 0 Å². The smallest absolute Gasteiger partial charge is 0.291 e. The highest BCUT2D eigenvalue weighted by Crippen LogP contribution is 2.29. The molecule has 3 rings (SSSR count). The van der Waals surface area contributed by atoms with E-state index in [1.165, 1.54) is 10.6 Å². The molecule has 0 spiro atoms. The van der Waals surface area contributed by atoms with Crippen molar-refractivity contribution >= 4 is 21.8 Å².